The molecule has 0 radical (unpaired) electrons. The lowest BCUT2D eigenvalue weighted by atomic mass is 9.76. The number of aliphatic hydroxyl groups excluding tert-OH is 1. The number of rotatable bonds is 10. The monoisotopic (exact) mass is 287 g/mol. The molecule has 1 rings (SSSR count). The maximum Gasteiger partial charge on any atom is 0.0897 e. The van der Waals surface area contributed by atoms with E-state index in [-0.39, 0.29) is 6.10 Å². The Labute approximate surface area is 124 Å². The van der Waals surface area contributed by atoms with Gasteiger partial charge in [-0.3, -0.25) is 0 Å². The van der Waals surface area contributed by atoms with E-state index in [4.69, 9.17) is 9.47 Å². The van der Waals surface area contributed by atoms with Crippen LogP contribution >= 0.6 is 0 Å². The fourth-order valence-corrected chi connectivity index (χ4v) is 2.74. The smallest absolute Gasteiger partial charge is 0.0897 e. The average molecular weight is 287 g/mol. The molecule has 0 aliphatic heterocycles. The lowest BCUT2D eigenvalue weighted by Gasteiger charge is -2.34. The number of nitrogens with one attached hydrogen (secondary N) is 1. The van der Waals surface area contributed by atoms with Crippen LogP contribution in [0.1, 0.15) is 52.9 Å². The average Bonchev–Trinajstić information content (AvgIpc) is 2.38. The minimum atomic E-state index is -0.429. The third-order valence-corrected chi connectivity index (χ3v) is 3.98. The van der Waals surface area contributed by atoms with Gasteiger partial charge in [-0.2, -0.15) is 0 Å². The summed E-state index contributed by atoms with van der Waals surface area (Å²) < 4.78 is 10.8. The summed E-state index contributed by atoms with van der Waals surface area (Å²) >= 11 is 0. The highest BCUT2D eigenvalue weighted by atomic mass is 16.5. The van der Waals surface area contributed by atoms with E-state index >= 15 is 0 Å². The quantitative estimate of drug-likeness (QED) is 0.606. The molecule has 120 valence electrons. The standard InChI is InChI=1S/C16H33NO3/c1-14(2)20-10-9-19-12-15(18)11-17-13-16(3)7-5-4-6-8-16/h14-15,17-18H,4-13H2,1-3H3. The first-order valence-electron chi connectivity index (χ1n) is 8.10. The Hall–Kier alpha value is -0.160. The number of hydrogen-bond donors (Lipinski definition) is 2. The summed E-state index contributed by atoms with van der Waals surface area (Å²) in [6.07, 6.45) is 6.49. The maximum absolute atomic E-state index is 9.84. The van der Waals surface area contributed by atoms with Gasteiger partial charge in [0.25, 0.3) is 0 Å². The highest BCUT2D eigenvalue weighted by Crippen LogP contribution is 2.34. The van der Waals surface area contributed by atoms with Crippen LogP contribution < -0.4 is 5.32 Å². The molecule has 1 saturated carbocycles. The van der Waals surface area contributed by atoms with Gasteiger partial charge < -0.3 is 19.9 Å². The Morgan fingerprint density at radius 2 is 1.85 bits per heavy atom. The Kier molecular flexibility index (Phi) is 8.69. The van der Waals surface area contributed by atoms with Crippen molar-refractivity contribution in [3.63, 3.8) is 0 Å². The van der Waals surface area contributed by atoms with Crippen LogP contribution in [0.2, 0.25) is 0 Å². The van der Waals surface area contributed by atoms with Gasteiger partial charge in [0.15, 0.2) is 0 Å². The molecule has 20 heavy (non-hydrogen) atoms. The van der Waals surface area contributed by atoms with Crippen molar-refractivity contribution in [2.24, 2.45) is 5.41 Å². The van der Waals surface area contributed by atoms with Gasteiger partial charge in [0.2, 0.25) is 0 Å². The molecule has 0 heterocycles. The molecular formula is C16H33NO3. The number of hydrogen-bond acceptors (Lipinski definition) is 4. The maximum atomic E-state index is 9.84. The third kappa shape index (κ3) is 8.20. The zero-order chi connectivity index (χ0) is 14.8. The highest BCUT2D eigenvalue weighted by molar-refractivity contribution is 4.80. The summed E-state index contributed by atoms with van der Waals surface area (Å²) in [5.41, 5.74) is 0.421. The van der Waals surface area contributed by atoms with Crippen molar-refractivity contribution in [2.75, 3.05) is 32.9 Å². The van der Waals surface area contributed by atoms with Gasteiger partial charge in [-0.1, -0.05) is 26.2 Å². The van der Waals surface area contributed by atoms with E-state index in [2.05, 4.69) is 12.2 Å². The molecular weight excluding hydrogens is 254 g/mol. The molecule has 0 aromatic heterocycles. The van der Waals surface area contributed by atoms with E-state index in [0.717, 1.165) is 6.54 Å². The Bertz CT molecular complexity index is 240. The van der Waals surface area contributed by atoms with Gasteiger partial charge in [-0.25, -0.2) is 0 Å². The first kappa shape index (κ1) is 17.9. The normalized spacial score (nSPS) is 20.2. The van der Waals surface area contributed by atoms with Crippen LogP contribution in [0.25, 0.3) is 0 Å². The van der Waals surface area contributed by atoms with Gasteiger partial charge in [0, 0.05) is 13.1 Å². The fraction of sp³-hybridized carbons (Fsp3) is 1.00. The van der Waals surface area contributed by atoms with E-state index in [9.17, 15) is 5.11 Å². The van der Waals surface area contributed by atoms with Crippen LogP contribution in [0.5, 0.6) is 0 Å². The van der Waals surface area contributed by atoms with Gasteiger partial charge in [-0.05, 0) is 32.1 Å². The third-order valence-electron chi connectivity index (χ3n) is 3.98. The van der Waals surface area contributed by atoms with Gasteiger partial charge in [0.1, 0.15) is 0 Å². The molecule has 0 bridgehead atoms. The Morgan fingerprint density at radius 3 is 2.50 bits per heavy atom. The number of aliphatic hydroxyl groups is 1. The second-order valence-electron chi connectivity index (χ2n) is 6.65. The topological polar surface area (TPSA) is 50.7 Å². The van der Waals surface area contributed by atoms with Crippen LogP contribution in [-0.4, -0.2) is 50.2 Å². The minimum absolute atomic E-state index is 0.237. The predicted octanol–water partition coefficient (Wildman–Crippen LogP) is 2.35. The van der Waals surface area contributed by atoms with Crippen molar-refractivity contribution >= 4 is 0 Å². The van der Waals surface area contributed by atoms with Crippen LogP contribution in [0, 0.1) is 5.41 Å². The van der Waals surface area contributed by atoms with E-state index < -0.39 is 6.10 Å². The molecule has 1 aliphatic carbocycles. The summed E-state index contributed by atoms with van der Waals surface area (Å²) in [5, 5.41) is 13.2. The molecule has 1 unspecified atom stereocenters. The number of ether oxygens (including phenoxy) is 2. The molecule has 4 nitrogen and oxygen atoms in total. The van der Waals surface area contributed by atoms with Gasteiger partial charge >= 0.3 is 0 Å². The summed E-state index contributed by atoms with van der Waals surface area (Å²) in [6.45, 7) is 9.50. The molecule has 4 heteroatoms. The van der Waals surface area contributed by atoms with Crippen LogP contribution in [0.15, 0.2) is 0 Å². The van der Waals surface area contributed by atoms with E-state index in [1.54, 1.807) is 0 Å². The van der Waals surface area contributed by atoms with Gasteiger partial charge in [-0.15, -0.1) is 0 Å². The molecule has 0 spiro atoms. The van der Waals surface area contributed by atoms with Crippen molar-refractivity contribution < 1.29 is 14.6 Å². The SMILES string of the molecule is CC(C)OCCOCC(O)CNCC1(C)CCCCC1. The summed E-state index contributed by atoms with van der Waals surface area (Å²) in [7, 11) is 0. The van der Waals surface area contributed by atoms with Crippen LogP contribution in [0.4, 0.5) is 0 Å². The van der Waals surface area contributed by atoms with E-state index in [1.165, 1.54) is 32.1 Å². The zero-order valence-electron chi connectivity index (χ0n) is 13.5. The minimum Gasteiger partial charge on any atom is -0.389 e. The first-order valence-corrected chi connectivity index (χ1v) is 8.10. The molecule has 1 atom stereocenters. The summed E-state index contributed by atoms with van der Waals surface area (Å²) in [4.78, 5) is 0. The zero-order valence-corrected chi connectivity index (χ0v) is 13.5. The Morgan fingerprint density at radius 1 is 1.15 bits per heavy atom. The Balaban J connectivity index is 1.98. The molecule has 0 aromatic carbocycles. The van der Waals surface area contributed by atoms with Crippen molar-refractivity contribution in [1.82, 2.24) is 5.32 Å². The molecule has 0 aromatic rings. The van der Waals surface area contributed by atoms with Crippen molar-refractivity contribution in [1.29, 1.82) is 0 Å². The molecule has 2 N–H and O–H groups in total. The van der Waals surface area contributed by atoms with Crippen LogP contribution in [-0.2, 0) is 9.47 Å². The second kappa shape index (κ2) is 9.72. The van der Waals surface area contributed by atoms with Crippen molar-refractivity contribution in [2.45, 2.75) is 65.1 Å². The van der Waals surface area contributed by atoms with E-state index in [0.29, 0.717) is 31.8 Å². The largest absolute Gasteiger partial charge is 0.389 e. The lowest BCUT2D eigenvalue weighted by molar-refractivity contribution is -0.0105. The first-order chi connectivity index (χ1) is 9.52. The molecule has 0 saturated heterocycles. The molecule has 0 amide bonds. The van der Waals surface area contributed by atoms with Crippen molar-refractivity contribution in [3.8, 4) is 0 Å². The summed E-state index contributed by atoms with van der Waals surface area (Å²) in [6, 6.07) is 0. The van der Waals surface area contributed by atoms with E-state index in [1.807, 2.05) is 13.8 Å². The second-order valence-corrected chi connectivity index (χ2v) is 6.65. The van der Waals surface area contributed by atoms with Gasteiger partial charge in [0.05, 0.1) is 32.0 Å². The highest BCUT2D eigenvalue weighted by Gasteiger charge is 2.26. The van der Waals surface area contributed by atoms with Crippen LogP contribution in [0.3, 0.4) is 0 Å². The summed E-state index contributed by atoms with van der Waals surface area (Å²) in [5.74, 6) is 0. The molecule has 1 fully saturated rings. The van der Waals surface area contributed by atoms with Crippen molar-refractivity contribution in [3.05, 3.63) is 0 Å². The predicted molar refractivity (Wildman–Crippen MR) is 82.0 cm³/mol. The fourth-order valence-electron chi connectivity index (χ4n) is 2.74. The lowest BCUT2D eigenvalue weighted by Crippen LogP contribution is -2.38. The molecule has 1 aliphatic rings.